The Morgan fingerprint density at radius 2 is 0.549 bits per heavy atom. The summed E-state index contributed by atoms with van der Waals surface area (Å²) in [6.45, 7) is 38.1. The highest BCUT2D eigenvalue weighted by molar-refractivity contribution is 7.81. The summed E-state index contributed by atoms with van der Waals surface area (Å²) in [5.74, 6) is 0.865. The lowest BCUT2D eigenvalue weighted by Gasteiger charge is -2.32. The predicted molar refractivity (Wildman–Crippen MR) is 564 cm³/mol. The number of benzene rings is 8. The number of aromatic nitrogens is 12. The van der Waals surface area contributed by atoms with Gasteiger partial charge in [0.25, 0.3) is 0 Å². The molecule has 8 N–H and O–H groups in total. The number of aromatic hydroxyl groups is 4. The molecule has 0 aliphatic heterocycles. The Kier molecular flexibility index (Phi) is 48.1. The van der Waals surface area contributed by atoms with Gasteiger partial charge in [-0.1, -0.05) is 171 Å². The predicted octanol–water partition coefficient (Wildman–Crippen LogP) is 11.4. The Labute approximate surface area is 869 Å². The highest BCUT2D eigenvalue weighted by Gasteiger charge is 2.30. The van der Waals surface area contributed by atoms with Crippen LogP contribution in [-0.2, 0) is 95.7 Å². The largest absolute Gasteiger partial charge is 1.00 e. The molecule has 39 heteroatoms. The Bertz CT molecular complexity index is 6050. The van der Waals surface area contributed by atoms with Crippen molar-refractivity contribution in [2.45, 2.75) is 210 Å². The number of quaternary nitrogens is 3. The smallest absolute Gasteiger partial charge is 0.220 e. The molecule has 0 atom stereocenters. The molecule has 0 saturated heterocycles. The molecule has 12 rings (SSSR count). The number of phenols is 4. The minimum atomic E-state index is -4.41. The summed E-state index contributed by atoms with van der Waals surface area (Å²) < 4.78 is 64.8. The minimum Gasteiger partial charge on any atom is -1.00 e. The van der Waals surface area contributed by atoms with Gasteiger partial charge in [-0.3, -0.25) is 27.5 Å². The van der Waals surface area contributed by atoms with E-state index in [-0.39, 0.29) is 107 Å². The van der Waals surface area contributed by atoms with Crippen molar-refractivity contribution in [3.8, 4) is 45.7 Å². The van der Waals surface area contributed by atoms with E-state index < -0.39 is 20.8 Å². The molecule has 8 aromatic carbocycles. The molecule has 36 nitrogen and oxygen atoms in total. The Balaban J connectivity index is 0.000000382. The molecular weight excluding hydrogens is 1990 g/mol. The maximum atomic E-state index is 12.5. The fraction of sp³-hybridized carbons (Fsp3) is 0.505. The van der Waals surface area contributed by atoms with E-state index in [1.165, 1.54) is 19.2 Å². The lowest BCUT2D eigenvalue weighted by atomic mass is 9.84. The highest BCUT2D eigenvalue weighted by Crippen LogP contribution is 2.41. The number of aryl methyl sites for hydroxylation is 4. The van der Waals surface area contributed by atoms with Gasteiger partial charge in [0.05, 0.1) is 96.3 Å². The van der Waals surface area contributed by atoms with Crippen LogP contribution in [0.1, 0.15) is 208 Å². The van der Waals surface area contributed by atoms with Crippen molar-refractivity contribution < 1.29 is 111 Å². The SMILES string of the molecule is C.C.CC(C)(C)c1cc(CCC(=O)NCCC[N+](C)(C)C)cc(-n2nc3ccccc3n2)c1O.CC(C)(C)c1cc(CCC(=O)NCCC[N+](C)(C)C)cc(-n2nc3ccccc3n2)c1O.CC[N+](C)(CC)CCCNC(=O)CCc1cc(-n2nc3ccccc3n2)c(O)c(C(C)(C)C)c1.CN(C)CCCNC(=O)CCc1cc(-n2nc3ccccc3n2)c(O)c(C(C)(C)C)c1.COS(=O)(=O)[O-].COS(=O)(=O)[O-].[I-]. The van der Waals surface area contributed by atoms with Crippen LogP contribution >= 0.6 is 0 Å². The Hall–Kier alpha value is -11.2. The topological polar surface area (TPSA) is 456 Å². The molecule has 4 heterocycles. The number of fused-ring (bicyclic) bond motifs is 4. The number of nitrogens with zero attached hydrogens (tertiary/aromatic N) is 16. The van der Waals surface area contributed by atoms with E-state index in [4.69, 9.17) is 0 Å². The Morgan fingerprint density at radius 1 is 0.361 bits per heavy atom. The first-order valence-electron chi connectivity index (χ1n) is 47.7. The van der Waals surface area contributed by atoms with E-state index in [9.17, 15) is 65.5 Å². The number of carbonyl (C=O) groups is 4. The van der Waals surface area contributed by atoms with Gasteiger partial charge < -0.3 is 93.1 Å². The summed E-state index contributed by atoms with van der Waals surface area (Å²) in [6.07, 6.45) is 7.71. The lowest BCUT2D eigenvalue weighted by molar-refractivity contribution is -0.906. The number of carbonyl (C=O) groups excluding carboxylic acids is 4. The molecular formula is C105H159IN20O16S2. The number of phenolic OH excluding ortho intramolecular Hbond substituents is 4. The van der Waals surface area contributed by atoms with Gasteiger partial charge in [0, 0.05) is 93.4 Å². The van der Waals surface area contributed by atoms with Crippen LogP contribution in [0.15, 0.2) is 146 Å². The first kappa shape index (κ1) is 125. The summed E-state index contributed by atoms with van der Waals surface area (Å²) in [7, 11) is 12.0. The van der Waals surface area contributed by atoms with E-state index in [2.05, 4.69) is 222 Å². The first-order chi connectivity index (χ1) is 65.7. The number of amides is 4. The van der Waals surface area contributed by atoms with Gasteiger partial charge in [-0.15, -0.1) is 60.0 Å². The second-order valence-corrected chi connectivity index (χ2v) is 44.0. The number of hydrogen-bond acceptors (Lipinski definition) is 25. The van der Waals surface area contributed by atoms with Crippen molar-refractivity contribution in [2.75, 3.05) is 143 Å². The molecule has 0 spiro atoms. The number of nitrogens with one attached hydrogen (secondary N) is 4. The van der Waals surface area contributed by atoms with E-state index in [0.29, 0.717) is 100 Å². The third-order valence-corrected chi connectivity index (χ3v) is 24.1. The zero-order valence-corrected chi connectivity index (χ0v) is 91.2. The summed E-state index contributed by atoms with van der Waals surface area (Å²) in [5.41, 5.74) is 14.4. The van der Waals surface area contributed by atoms with E-state index in [1.807, 2.05) is 160 Å². The quantitative estimate of drug-likeness (QED) is 0.00594. The molecule has 12 aromatic rings. The van der Waals surface area contributed by atoms with Gasteiger partial charge in [0.2, 0.25) is 44.4 Å². The second-order valence-electron chi connectivity index (χ2n) is 41.7. The summed E-state index contributed by atoms with van der Waals surface area (Å²) in [4.78, 5) is 57.6. The van der Waals surface area contributed by atoms with Crippen LogP contribution in [-0.4, -0.2) is 291 Å². The molecule has 0 unspecified atom stereocenters. The van der Waals surface area contributed by atoms with Crippen LogP contribution in [0.25, 0.3) is 66.9 Å². The molecule has 0 aliphatic rings. The maximum Gasteiger partial charge on any atom is 0.220 e. The number of rotatable bonds is 36. The van der Waals surface area contributed by atoms with Crippen molar-refractivity contribution in [1.29, 1.82) is 0 Å². The number of hydrogen-bond donors (Lipinski definition) is 8. The monoisotopic (exact) mass is 2150 g/mol. The van der Waals surface area contributed by atoms with Crippen LogP contribution in [0, 0.1) is 0 Å². The average molecular weight is 2150 g/mol. The van der Waals surface area contributed by atoms with E-state index >= 15 is 0 Å². The van der Waals surface area contributed by atoms with Gasteiger partial charge in [-0.25, -0.2) is 16.8 Å². The average Bonchev–Trinajstić information content (AvgIpc) is 1.05. The second kappa shape index (κ2) is 55.3. The third kappa shape index (κ3) is 41.0. The number of halogens is 1. The van der Waals surface area contributed by atoms with Crippen molar-refractivity contribution in [3.63, 3.8) is 0 Å². The summed E-state index contributed by atoms with van der Waals surface area (Å²) in [6, 6.07) is 46.0. The van der Waals surface area contributed by atoms with Crippen LogP contribution in [0.5, 0.6) is 23.0 Å². The molecule has 4 amide bonds. The molecule has 0 radical (unpaired) electrons. The van der Waals surface area contributed by atoms with Crippen molar-refractivity contribution >= 4 is 88.6 Å². The fourth-order valence-electron chi connectivity index (χ4n) is 14.9. The van der Waals surface area contributed by atoms with Gasteiger partial charge in [-0.05, 0) is 183 Å². The van der Waals surface area contributed by atoms with Crippen LogP contribution in [0.2, 0.25) is 0 Å². The van der Waals surface area contributed by atoms with Crippen LogP contribution in [0.3, 0.4) is 0 Å². The standard InChI is InChI=1S/C27H39N5O2.2C25H35N5O2.C24H33N5O2.2CH4O4S.2CH4.HI/c1-7-32(6,8-2)17-11-16-28-25(33)15-14-20-18-21(27(3,4)5)26(34)24(19-20)31-29-22-12-9-10-13-23(22)30-31;2*1-25(2,3)19-16-18(12-13-23(31)26-14-9-15-30(4,5)6)17-22(24(19)32)29-27-20-10-7-8-11-21(20)28-29;1-24(2,3)18-15-17(11-12-22(30)25-13-8-14-28(4)5)16-21(23(18)31)29-26-19-9-6-7-10-20(19)27-29;2*1-5-6(2,3)4;;;/h9-10,12-13,18-19H,7-8,11,14-17H2,1-6H3,(H-,28,33,34);2*7-8,10-11,16-17H,9,12-15H2,1-6H3,(H-,26,31,32);6-7,9-10,15-16,31H,8,11-14H2,1-5H3,(H,25,30);2*1H3,(H,2,3,4);2*1H4;1H. The molecule has 794 valence electrons. The summed E-state index contributed by atoms with van der Waals surface area (Å²) in [5, 5.41) is 92.5. The normalized spacial score (nSPS) is 11.9. The van der Waals surface area contributed by atoms with Gasteiger partial charge in [0.1, 0.15) is 89.9 Å². The third-order valence-electron chi connectivity index (χ3n) is 23.3. The van der Waals surface area contributed by atoms with Crippen LogP contribution < -0.4 is 45.2 Å². The Morgan fingerprint density at radius 3 is 0.715 bits per heavy atom. The van der Waals surface area contributed by atoms with Gasteiger partial charge in [-0.2, -0.15) is 0 Å². The van der Waals surface area contributed by atoms with Gasteiger partial charge >= 0.3 is 0 Å². The molecule has 0 bridgehead atoms. The molecule has 0 fully saturated rings. The van der Waals surface area contributed by atoms with Crippen molar-refractivity contribution in [1.82, 2.24) is 86.1 Å². The lowest BCUT2D eigenvalue weighted by Crippen LogP contribution is -3.00. The molecule has 0 aliphatic carbocycles. The fourth-order valence-corrected chi connectivity index (χ4v) is 14.9. The molecule has 4 aromatic heterocycles. The van der Waals surface area contributed by atoms with E-state index in [1.54, 1.807) is 0 Å². The highest BCUT2D eigenvalue weighted by atomic mass is 127. The van der Waals surface area contributed by atoms with Crippen molar-refractivity contribution in [3.05, 3.63) is 190 Å². The maximum absolute atomic E-state index is 12.5. The van der Waals surface area contributed by atoms with Crippen molar-refractivity contribution in [2.24, 2.45) is 0 Å². The van der Waals surface area contributed by atoms with E-state index in [0.717, 1.165) is 181 Å². The zero-order chi connectivity index (χ0) is 105. The summed E-state index contributed by atoms with van der Waals surface area (Å²) >= 11 is 0. The molecule has 144 heavy (non-hydrogen) atoms. The van der Waals surface area contributed by atoms with Crippen LogP contribution in [0.4, 0.5) is 0 Å². The minimum absolute atomic E-state index is 0. The zero-order valence-electron chi connectivity index (χ0n) is 87.5. The first-order valence-corrected chi connectivity index (χ1v) is 50.3. The molecule has 0 saturated carbocycles. The van der Waals surface area contributed by atoms with Gasteiger partial charge in [0.15, 0.2) is 0 Å².